The van der Waals surface area contributed by atoms with E-state index in [4.69, 9.17) is 21.1 Å². The Labute approximate surface area is 362 Å². The molecule has 6 unspecified atom stereocenters. The van der Waals surface area contributed by atoms with Gasteiger partial charge in [0.1, 0.15) is 23.6 Å². The summed E-state index contributed by atoms with van der Waals surface area (Å²) in [5, 5.41) is 16.1. The third kappa shape index (κ3) is 9.72. The van der Waals surface area contributed by atoms with E-state index >= 15 is 0 Å². The van der Waals surface area contributed by atoms with Crippen molar-refractivity contribution in [2.45, 2.75) is 50.6 Å². The third-order valence-electron chi connectivity index (χ3n) is 12.6. The van der Waals surface area contributed by atoms with Crippen LogP contribution in [0.15, 0.2) is 95.7 Å². The fraction of sp³-hybridized carbons (Fsp3) is 0.455. The van der Waals surface area contributed by atoms with Crippen molar-refractivity contribution in [1.29, 1.82) is 0 Å². The van der Waals surface area contributed by atoms with Gasteiger partial charge < -0.3 is 19.7 Å². The van der Waals surface area contributed by atoms with Crippen LogP contribution in [0.5, 0.6) is 11.8 Å². The van der Waals surface area contributed by atoms with Crippen molar-refractivity contribution in [2.24, 2.45) is 45.7 Å². The number of nitrogens with one attached hydrogen (secondary N) is 1. The predicted molar refractivity (Wildman–Crippen MR) is 232 cm³/mol. The number of methoxy groups -OCH3 is 2. The van der Waals surface area contributed by atoms with Crippen LogP contribution in [0, 0.1) is 35.5 Å². The minimum atomic E-state index is 0. The predicted octanol–water partition coefficient (Wildman–Crippen LogP) is 6.66. The molecule has 14 nitrogen and oxygen atoms in total. The first-order valence-corrected chi connectivity index (χ1v) is 20.9. The molecule has 2 aromatic heterocycles. The van der Waals surface area contributed by atoms with Gasteiger partial charge in [0.25, 0.3) is 0 Å². The maximum absolute atomic E-state index is 13.3. The van der Waals surface area contributed by atoms with E-state index < -0.39 is 0 Å². The largest absolute Gasteiger partial charge is 0.481 e. The summed E-state index contributed by atoms with van der Waals surface area (Å²) in [7, 11) is 3.14. The van der Waals surface area contributed by atoms with Gasteiger partial charge in [0.05, 0.1) is 26.3 Å². The molecular weight excluding hydrogens is 803 g/mol. The lowest BCUT2D eigenvalue weighted by Gasteiger charge is -2.26. The van der Waals surface area contributed by atoms with Crippen molar-refractivity contribution in [1.82, 2.24) is 35.3 Å². The lowest BCUT2D eigenvalue weighted by Crippen LogP contribution is -2.33. The highest BCUT2D eigenvalue weighted by molar-refractivity contribution is 6.29. The van der Waals surface area contributed by atoms with E-state index in [0.717, 1.165) is 76.1 Å². The van der Waals surface area contributed by atoms with Gasteiger partial charge in [-0.25, -0.2) is 30.0 Å². The highest BCUT2D eigenvalue weighted by atomic mass is 35.5. The lowest BCUT2D eigenvalue weighted by molar-refractivity contribution is -0.138. The van der Waals surface area contributed by atoms with E-state index in [9.17, 15) is 9.59 Å². The molecule has 2 amide bonds. The number of rotatable bonds is 7. The van der Waals surface area contributed by atoms with E-state index in [1.54, 1.807) is 29.5 Å². The molecule has 6 aliphatic rings. The molecule has 16 heteroatoms. The summed E-state index contributed by atoms with van der Waals surface area (Å²) in [6, 6.07) is 24.0. The summed E-state index contributed by atoms with van der Waals surface area (Å²) >= 11 is 5.49. The average molecular weight is 856 g/mol. The molecule has 0 radical (unpaired) electrons. The molecule has 1 N–H and O–H groups in total. The number of hydrogen-bond donors (Lipinski definition) is 1. The Hall–Kier alpha value is -5.18. The van der Waals surface area contributed by atoms with Gasteiger partial charge in [-0.15, -0.1) is 12.4 Å². The standard InChI is InChI=1S/C22H25N5O2.C17H21N3O.C5H5ClN2O.ClH/c1-29-21-11-20(23-14-24-21)26-12-17-9-16(10-18(17)13-26)22(28)27-19(7-8-25-27)15-5-3-2-4-6-15;21-17(13-8-14-10-18-11-15(14)9-13)20-16(6-7-19-20)12-4-2-1-3-5-12;1-9-5-2-4(6)7-3-8-5;/h2-6,8,11,14,16-19H,7,9-10,12-13H2,1H3;1-5,7,13-16,18H,6,8-11H2;2-3H,1H3;1H. The number of nitrogens with zero attached hydrogens (tertiary/aromatic N) is 9. The van der Waals surface area contributed by atoms with Crippen LogP contribution in [0.1, 0.15) is 61.7 Å². The molecule has 0 bridgehead atoms. The van der Waals surface area contributed by atoms with Gasteiger partial charge in [0.15, 0.2) is 0 Å². The van der Waals surface area contributed by atoms with E-state index in [0.29, 0.717) is 40.6 Å². The van der Waals surface area contributed by atoms with E-state index in [1.165, 1.54) is 19.0 Å². The maximum Gasteiger partial charge on any atom is 0.246 e. The fourth-order valence-electron chi connectivity index (χ4n) is 9.63. The summed E-state index contributed by atoms with van der Waals surface area (Å²) in [5.74, 6) is 5.04. The fourth-order valence-corrected chi connectivity index (χ4v) is 9.77. The van der Waals surface area contributed by atoms with Crippen LogP contribution in [-0.2, 0) is 9.59 Å². The summed E-state index contributed by atoms with van der Waals surface area (Å²) in [6.45, 7) is 4.03. The Bertz CT molecular complexity index is 2090. The van der Waals surface area contributed by atoms with Gasteiger partial charge in [-0.05, 0) is 73.6 Å². The quantitative estimate of drug-likeness (QED) is 0.200. The van der Waals surface area contributed by atoms with Gasteiger partial charge in [-0.2, -0.15) is 10.2 Å². The molecule has 2 aliphatic carbocycles. The summed E-state index contributed by atoms with van der Waals surface area (Å²) in [6.07, 6.45) is 12.2. The number of ether oxygens (including phenoxy) is 2. The molecule has 60 heavy (non-hydrogen) atoms. The van der Waals surface area contributed by atoms with Crippen molar-refractivity contribution in [3.63, 3.8) is 0 Å². The molecule has 6 atom stereocenters. The molecule has 10 rings (SSSR count). The van der Waals surface area contributed by atoms with Gasteiger partial charge in [-0.1, -0.05) is 72.3 Å². The van der Waals surface area contributed by atoms with Crippen LogP contribution in [-0.4, -0.2) is 94.6 Å². The zero-order valence-electron chi connectivity index (χ0n) is 33.9. The minimum Gasteiger partial charge on any atom is -0.481 e. The van der Waals surface area contributed by atoms with Crippen LogP contribution in [0.25, 0.3) is 0 Å². The highest BCUT2D eigenvalue weighted by Crippen LogP contribution is 2.45. The summed E-state index contributed by atoms with van der Waals surface area (Å²) in [5.41, 5.74) is 2.34. The Balaban J connectivity index is 0.000000153. The van der Waals surface area contributed by atoms with Crippen molar-refractivity contribution in [3.8, 4) is 11.8 Å². The van der Waals surface area contributed by atoms with E-state index in [-0.39, 0.29) is 48.1 Å². The van der Waals surface area contributed by atoms with Crippen molar-refractivity contribution in [3.05, 3.63) is 102 Å². The number of amides is 2. The monoisotopic (exact) mass is 854 g/mol. The number of hydrazone groups is 2. The van der Waals surface area contributed by atoms with Gasteiger partial charge in [-0.3, -0.25) is 9.59 Å². The first-order valence-electron chi connectivity index (χ1n) is 20.5. The molecule has 2 aromatic carbocycles. The Morgan fingerprint density at radius 3 is 1.58 bits per heavy atom. The van der Waals surface area contributed by atoms with Crippen molar-refractivity contribution < 1.29 is 19.1 Å². The van der Waals surface area contributed by atoms with Crippen LogP contribution in [0.4, 0.5) is 5.82 Å². The molecule has 6 heterocycles. The number of aromatic nitrogens is 4. The number of hydrogen-bond acceptors (Lipinski definition) is 12. The van der Waals surface area contributed by atoms with Crippen LogP contribution < -0.4 is 19.7 Å². The molecule has 4 aromatic rings. The number of benzene rings is 2. The lowest BCUT2D eigenvalue weighted by atomic mass is 10.0. The zero-order chi connectivity index (χ0) is 40.7. The Morgan fingerprint density at radius 1 is 0.650 bits per heavy atom. The highest BCUT2D eigenvalue weighted by Gasteiger charge is 2.46. The van der Waals surface area contributed by atoms with Crippen LogP contribution in [0.3, 0.4) is 0 Å². The molecule has 2 saturated heterocycles. The van der Waals surface area contributed by atoms with Gasteiger partial charge in [0.2, 0.25) is 23.6 Å². The van der Waals surface area contributed by atoms with E-state index in [1.807, 2.05) is 54.9 Å². The average Bonchev–Trinajstić information content (AvgIpc) is 4.14. The topological polar surface area (TPSA) is 151 Å². The number of anilines is 1. The first-order chi connectivity index (χ1) is 28.9. The normalized spacial score (nSPS) is 26.9. The van der Waals surface area contributed by atoms with E-state index in [2.05, 4.69) is 64.6 Å². The molecule has 0 spiro atoms. The number of halogens is 2. The smallest absolute Gasteiger partial charge is 0.246 e. The van der Waals surface area contributed by atoms with Gasteiger partial charge in [0, 0.05) is 62.3 Å². The number of fused-ring (bicyclic) bond motifs is 2. The van der Waals surface area contributed by atoms with Gasteiger partial charge >= 0.3 is 0 Å². The van der Waals surface area contributed by atoms with Crippen LogP contribution in [0.2, 0.25) is 5.15 Å². The molecule has 4 aliphatic heterocycles. The summed E-state index contributed by atoms with van der Waals surface area (Å²) in [4.78, 5) is 44.3. The van der Waals surface area contributed by atoms with Crippen molar-refractivity contribution in [2.75, 3.05) is 45.3 Å². The first kappa shape index (κ1) is 42.9. The molecule has 316 valence electrons. The molecule has 2 saturated carbocycles. The minimum absolute atomic E-state index is 0. The molecular formula is C44H52Cl2N10O4. The second-order valence-electron chi connectivity index (χ2n) is 16.0. The number of carbonyl (C=O) groups excluding carboxylic acids is 2. The maximum atomic E-state index is 13.3. The second-order valence-corrected chi connectivity index (χ2v) is 16.4. The second kappa shape index (κ2) is 19.9. The van der Waals surface area contributed by atoms with Crippen LogP contribution >= 0.6 is 24.0 Å². The SMILES string of the molecule is COc1cc(Cl)ncn1.COc1cc(N2CC3CC(C(=O)N4N=CCC4c4ccccc4)CC3C2)ncn1.Cl.O=C(C1CC2CNCC2C1)N1N=CCC1c1ccccc1. The third-order valence-corrected chi connectivity index (χ3v) is 12.8. The summed E-state index contributed by atoms with van der Waals surface area (Å²) < 4.78 is 9.98. The Kier molecular flexibility index (Phi) is 14.3. The molecule has 4 fully saturated rings. The number of carbonyl (C=O) groups is 2. The zero-order valence-corrected chi connectivity index (χ0v) is 35.4. The Morgan fingerprint density at radius 2 is 1.12 bits per heavy atom. The van der Waals surface area contributed by atoms with Crippen molar-refractivity contribution >= 4 is 54.1 Å².